The highest BCUT2D eigenvalue weighted by atomic mass is 19.2. The smallest absolute Gasteiger partial charge is 0.336 e. The van der Waals surface area contributed by atoms with Gasteiger partial charge in [0.1, 0.15) is 5.75 Å². The number of esters is 1. The van der Waals surface area contributed by atoms with Crippen LogP contribution in [0.15, 0.2) is 46.8 Å². The number of aryl methyl sites for hydroxylation is 1. The van der Waals surface area contributed by atoms with Crippen LogP contribution in [0.3, 0.4) is 0 Å². The summed E-state index contributed by atoms with van der Waals surface area (Å²) in [4.78, 5) is 27.7. The second-order valence-corrected chi connectivity index (χ2v) is 9.18. The summed E-state index contributed by atoms with van der Waals surface area (Å²) in [7, 11) is 1.00. The molecule has 0 radical (unpaired) electrons. The molecule has 38 heavy (non-hydrogen) atoms. The molecule has 0 saturated carbocycles. The van der Waals surface area contributed by atoms with Gasteiger partial charge in [-0.15, -0.1) is 0 Å². The number of allylic oxidation sites excluding steroid dienone is 1. The van der Waals surface area contributed by atoms with Gasteiger partial charge in [-0.2, -0.15) is 0 Å². The number of carbonyl (C=O) groups is 2. The third-order valence-electron chi connectivity index (χ3n) is 6.79. The highest BCUT2D eigenvalue weighted by molar-refractivity contribution is 6.04. The Balaban J connectivity index is 1.65. The number of ketones is 1. The van der Waals surface area contributed by atoms with Crippen molar-refractivity contribution in [3.8, 4) is 5.75 Å². The number of para-hydroxylation sites is 1. The van der Waals surface area contributed by atoms with E-state index in [9.17, 15) is 36.6 Å². The Morgan fingerprint density at radius 2 is 1.66 bits per heavy atom. The van der Waals surface area contributed by atoms with E-state index < -0.39 is 57.9 Å². The van der Waals surface area contributed by atoms with Crippen molar-refractivity contribution in [3.63, 3.8) is 0 Å². The van der Waals surface area contributed by atoms with Crippen LogP contribution in [-0.2, 0) is 20.7 Å². The lowest BCUT2D eigenvalue weighted by Crippen LogP contribution is -2.46. The average Bonchev–Trinajstić information content (AvgIpc) is 2.89. The second-order valence-electron chi connectivity index (χ2n) is 9.18. The maximum absolute atomic E-state index is 14.9. The first kappa shape index (κ1) is 27.3. The van der Waals surface area contributed by atoms with E-state index in [4.69, 9.17) is 4.74 Å². The minimum Gasteiger partial charge on any atom is -0.508 e. The van der Waals surface area contributed by atoms with Gasteiger partial charge in [0.25, 0.3) is 0 Å². The van der Waals surface area contributed by atoms with Crippen LogP contribution in [-0.4, -0.2) is 48.5 Å². The molecule has 2 aliphatic rings. The van der Waals surface area contributed by atoms with Gasteiger partial charge in [0, 0.05) is 29.1 Å². The molecule has 2 heterocycles. The zero-order valence-corrected chi connectivity index (χ0v) is 20.6. The lowest BCUT2D eigenvalue weighted by Gasteiger charge is -2.38. The molecule has 0 spiro atoms. The molecule has 4 rings (SSSR count). The number of phenolic OH excluding ortho intramolecular Hbond substituents is 1. The molecule has 202 valence electrons. The van der Waals surface area contributed by atoms with Crippen LogP contribution in [0.4, 0.5) is 22.0 Å². The molecule has 0 amide bonds. The Kier molecular flexibility index (Phi) is 7.86. The molecule has 1 atom stereocenters. The van der Waals surface area contributed by atoms with Crippen LogP contribution in [0.1, 0.15) is 36.8 Å². The second kappa shape index (κ2) is 10.9. The molecule has 2 aliphatic heterocycles. The number of benzene rings is 2. The molecule has 2 aromatic carbocycles. The van der Waals surface area contributed by atoms with E-state index in [0.717, 1.165) is 12.7 Å². The number of hydrogen-bond acceptors (Lipinski definition) is 6. The van der Waals surface area contributed by atoms with Gasteiger partial charge in [-0.3, -0.25) is 9.69 Å². The first-order chi connectivity index (χ1) is 18.1. The number of ether oxygens (including phenoxy) is 1. The SMILES string of the molecule is COC(=O)C1=C(C)NC2=C(C(=O)CN(CCCCc3ccccc3O)C2)C1c1c(F)c(F)c(F)c(F)c1F. The van der Waals surface area contributed by atoms with E-state index in [1.165, 1.54) is 6.92 Å². The molecular weight excluding hydrogens is 511 g/mol. The maximum atomic E-state index is 14.9. The number of nitrogens with one attached hydrogen (secondary N) is 1. The number of Topliss-reactive ketones (excluding diaryl/α,β-unsaturated/α-hetero) is 1. The fourth-order valence-corrected chi connectivity index (χ4v) is 4.99. The van der Waals surface area contributed by atoms with Gasteiger partial charge in [-0.05, 0) is 44.4 Å². The summed E-state index contributed by atoms with van der Waals surface area (Å²) in [6.45, 7) is 1.80. The lowest BCUT2D eigenvalue weighted by molar-refractivity contribution is -0.136. The van der Waals surface area contributed by atoms with Crippen molar-refractivity contribution < 1.29 is 41.4 Å². The van der Waals surface area contributed by atoms with Crippen molar-refractivity contribution in [2.45, 2.75) is 32.1 Å². The van der Waals surface area contributed by atoms with Gasteiger partial charge in [-0.1, -0.05) is 18.2 Å². The molecule has 0 aliphatic carbocycles. The number of aromatic hydroxyl groups is 1. The number of dihydropyridines is 1. The number of hydrogen-bond donors (Lipinski definition) is 2. The highest BCUT2D eigenvalue weighted by Gasteiger charge is 2.44. The molecular formula is C27H25F5N2O4. The van der Waals surface area contributed by atoms with Crippen LogP contribution < -0.4 is 5.32 Å². The fraction of sp³-hybridized carbons (Fsp3) is 0.333. The van der Waals surface area contributed by atoms with Crippen molar-refractivity contribution >= 4 is 11.8 Å². The summed E-state index contributed by atoms with van der Waals surface area (Å²) in [5.74, 6) is -14.3. The van der Waals surface area contributed by atoms with E-state index in [0.29, 0.717) is 25.8 Å². The number of carbonyl (C=O) groups excluding carboxylic acids is 2. The van der Waals surface area contributed by atoms with Crippen molar-refractivity contribution in [1.82, 2.24) is 10.2 Å². The largest absolute Gasteiger partial charge is 0.508 e. The maximum Gasteiger partial charge on any atom is 0.336 e. The Bertz CT molecular complexity index is 1340. The summed E-state index contributed by atoms with van der Waals surface area (Å²) in [6.07, 6.45) is 1.99. The van der Waals surface area contributed by atoms with Crippen molar-refractivity contribution in [1.29, 1.82) is 0 Å². The topological polar surface area (TPSA) is 78.9 Å². The Hall–Kier alpha value is -3.73. The lowest BCUT2D eigenvalue weighted by atomic mass is 9.76. The molecule has 0 aromatic heterocycles. The highest BCUT2D eigenvalue weighted by Crippen LogP contribution is 2.43. The van der Waals surface area contributed by atoms with E-state index in [2.05, 4.69) is 5.32 Å². The van der Waals surface area contributed by atoms with Crippen LogP contribution in [0, 0.1) is 29.1 Å². The normalized spacial score (nSPS) is 18.0. The third kappa shape index (κ3) is 4.90. The number of methoxy groups -OCH3 is 1. The van der Waals surface area contributed by atoms with E-state index in [-0.39, 0.29) is 35.8 Å². The zero-order chi connectivity index (χ0) is 27.7. The minimum absolute atomic E-state index is 0.0683. The molecule has 11 heteroatoms. The molecule has 0 fully saturated rings. The zero-order valence-electron chi connectivity index (χ0n) is 20.6. The van der Waals surface area contributed by atoms with Gasteiger partial charge >= 0.3 is 5.97 Å². The van der Waals surface area contributed by atoms with Gasteiger partial charge in [0.2, 0.25) is 5.82 Å². The summed E-state index contributed by atoms with van der Waals surface area (Å²) >= 11 is 0. The number of halogens is 5. The van der Waals surface area contributed by atoms with E-state index in [1.807, 2.05) is 12.1 Å². The summed E-state index contributed by atoms with van der Waals surface area (Å²) < 4.78 is 76.6. The molecule has 2 aromatic rings. The van der Waals surface area contributed by atoms with Crippen LogP contribution in [0.2, 0.25) is 0 Å². The Morgan fingerprint density at radius 3 is 2.29 bits per heavy atom. The molecule has 6 nitrogen and oxygen atoms in total. The summed E-state index contributed by atoms with van der Waals surface area (Å²) in [6, 6.07) is 6.96. The third-order valence-corrected chi connectivity index (χ3v) is 6.79. The molecule has 0 saturated heterocycles. The van der Waals surface area contributed by atoms with Gasteiger partial charge < -0.3 is 15.2 Å². The Morgan fingerprint density at radius 1 is 1.03 bits per heavy atom. The summed E-state index contributed by atoms with van der Waals surface area (Å²) in [5.41, 5.74) is -0.870. The standard InChI is InChI=1S/C27H25F5N2O4/c1-13-18(27(37)38-2)20(21-22(28)24(30)26(32)25(31)23(21)29)19-15(33-13)11-34(12-17(19)36)10-6-5-8-14-7-3-4-9-16(14)35/h3-4,7,9,20,33,35H,5-6,8,10-12H2,1-2H3. The number of unbranched alkanes of at least 4 members (excludes halogenated alkanes) is 1. The van der Waals surface area contributed by atoms with Gasteiger partial charge in [0.15, 0.2) is 29.1 Å². The van der Waals surface area contributed by atoms with E-state index >= 15 is 0 Å². The number of rotatable bonds is 7. The monoisotopic (exact) mass is 536 g/mol. The predicted octanol–water partition coefficient (Wildman–Crippen LogP) is 4.38. The fourth-order valence-electron chi connectivity index (χ4n) is 4.99. The van der Waals surface area contributed by atoms with Gasteiger partial charge in [0.05, 0.1) is 25.1 Å². The number of phenols is 1. The predicted molar refractivity (Wildman–Crippen MR) is 126 cm³/mol. The first-order valence-electron chi connectivity index (χ1n) is 11.9. The van der Waals surface area contributed by atoms with E-state index in [1.54, 1.807) is 17.0 Å². The summed E-state index contributed by atoms with van der Waals surface area (Å²) in [5, 5.41) is 12.8. The molecule has 0 bridgehead atoms. The van der Waals surface area contributed by atoms with Crippen molar-refractivity contribution in [2.75, 3.05) is 26.7 Å². The van der Waals surface area contributed by atoms with Crippen molar-refractivity contribution in [3.05, 3.63) is 87.0 Å². The quantitative estimate of drug-likeness (QED) is 0.180. The molecule has 1 unspecified atom stereocenters. The number of nitrogens with zero attached hydrogens (tertiary/aromatic N) is 1. The van der Waals surface area contributed by atoms with Gasteiger partial charge in [-0.25, -0.2) is 26.7 Å². The molecule has 2 N–H and O–H groups in total. The first-order valence-corrected chi connectivity index (χ1v) is 11.9. The van der Waals surface area contributed by atoms with Crippen LogP contribution >= 0.6 is 0 Å². The van der Waals surface area contributed by atoms with Crippen LogP contribution in [0.25, 0.3) is 0 Å². The Labute approximate surface area is 215 Å². The average molecular weight is 536 g/mol. The van der Waals surface area contributed by atoms with Crippen LogP contribution in [0.5, 0.6) is 5.75 Å². The minimum atomic E-state index is -2.34. The van der Waals surface area contributed by atoms with Crippen molar-refractivity contribution in [2.24, 2.45) is 0 Å².